The SMILES string of the molecule is CC(C)(C)OC(=O)N1CCC[C@H](COc2ccccc2C(F)(F)F)C1. The largest absolute Gasteiger partial charge is 0.493 e. The summed E-state index contributed by atoms with van der Waals surface area (Å²) in [5, 5.41) is 0. The number of halogens is 3. The molecule has 0 unspecified atom stereocenters. The monoisotopic (exact) mass is 359 g/mol. The first kappa shape index (κ1) is 19.4. The Labute approximate surface area is 145 Å². The van der Waals surface area contributed by atoms with Gasteiger partial charge in [0.15, 0.2) is 0 Å². The van der Waals surface area contributed by atoms with Gasteiger partial charge in [0.2, 0.25) is 0 Å². The Kier molecular flexibility index (Phi) is 5.85. The van der Waals surface area contributed by atoms with Crippen LogP contribution in [0.1, 0.15) is 39.2 Å². The van der Waals surface area contributed by atoms with E-state index in [-0.39, 0.29) is 18.3 Å². The van der Waals surface area contributed by atoms with E-state index in [9.17, 15) is 18.0 Å². The predicted molar refractivity (Wildman–Crippen MR) is 87.5 cm³/mol. The number of para-hydroxylation sites is 1. The summed E-state index contributed by atoms with van der Waals surface area (Å²) in [5.41, 5.74) is -1.36. The van der Waals surface area contributed by atoms with Gasteiger partial charge < -0.3 is 14.4 Å². The lowest BCUT2D eigenvalue weighted by atomic mass is 9.99. The van der Waals surface area contributed by atoms with Gasteiger partial charge in [-0.2, -0.15) is 13.2 Å². The first-order valence-electron chi connectivity index (χ1n) is 8.33. The van der Waals surface area contributed by atoms with Crippen LogP contribution in [0.25, 0.3) is 0 Å². The molecule has 2 rings (SSSR count). The minimum atomic E-state index is -4.45. The molecule has 0 aromatic heterocycles. The van der Waals surface area contributed by atoms with Gasteiger partial charge in [-0.1, -0.05) is 12.1 Å². The van der Waals surface area contributed by atoms with E-state index in [0.29, 0.717) is 13.1 Å². The third kappa shape index (κ3) is 5.83. The maximum atomic E-state index is 13.0. The van der Waals surface area contributed by atoms with Gasteiger partial charge in [0.25, 0.3) is 0 Å². The van der Waals surface area contributed by atoms with Gasteiger partial charge in [-0.3, -0.25) is 0 Å². The van der Waals surface area contributed by atoms with Crippen molar-refractivity contribution in [3.63, 3.8) is 0 Å². The van der Waals surface area contributed by atoms with Crippen LogP contribution in [-0.2, 0) is 10.9 Å². The molecule has 0 N–H and O–H groups in total. The maximum absolute atomic E-state index is 13.0. The molecule has 1 aliphatic rings. The summed E-state index contributed by atoms with van der Waals surface area (Å²) in [5.74, 6) is -0.202. The Morgan fingerprint density at radius 2 is 1.92 bits per heavy atom. The van der Waals surface area contributed by atoms with Gasteiger partial charge in [-0.05, 0) is 45.7 Å². The van der Waals surface area contributed by atoms with E-state index in [1.54, 1.807) is 25.7 Å². The van der Waals surface area contributed by atoms with E-state index in [1.165, 1.54) is 18.2 Å². The highest BCUT2D eigenvalue weighted by molar-refractivity contribution is 5.68. The van der Waals surface area contributed by atoms with Crippen LogP contribution in [0, 0.1) is 5.92 Å². The zero-order valence-electron chi connectivity index (χ0n) is 14.7. The van der Waals surface area contributed by atoms with Crippen molar-refractivity contribution in [3.8, 4) is 5.75 Å². The van der Waals surface area contributed by atoms with E-state index in [4.69, 9.17) is 9.47 Å². The summed E-state index contributed by atoms with van der Waals surface area (Å²) in [6, 6.07) is 5.17. The number of rotatable bonds is 3. The average molecular weight is 359 g/mol. The van der Waals surface area contributed by atoms with Crippen molar-refractivity contribution in [2.75, 3.05) is 19.7 Å². The normalized spacial score (nSPS) is 18.8. The van der Waals surface area contributed by atoms with Crippen LogP contribution in [-0.4, -0.2) is 36.3 Å². The van der Waals surface area contributed by atoms with E-state index >= 15 is 0 Å². The van der Waals surface area contributed by atoms with Crippen LogP contribution in [0.15, 0.2) is 24.3 Å². The van der Waals surface area contributed by atoms with Gasteiger partial charge >= 0.3 is 12.3 Å². The summed E-state index contributed by atoms with van der Waals surface area (Å²) in [6.45, 7) is 6.52. The van der Waals surface area contributed by atoms with Gasteiger partial charge in [0, 0.05) is 19.0 Å². The molecule has 1 saturated heterocycles. The Morgan fingerprint density at radius 3 is 2.56 bits per heavy atom. The molecule has 0 saturated carbocycles. The molecule has 25 heavy (non-hydrogen) atoms. The summed E-state index contributed by atoms with van der Waals surface area (Å²) in [4.78, 5) is 13.7. The number of carbonyl (C=O) groups is 1. The highest BCUT2D eigenvalue weighted by Gasteiger charge is 2.34. The molecular formula is C18H24F3NO3. The smallest absolute Gasteiger partial charge is 0.419 e. The van der Waals surface area contributed by atoms with Gasteiger partial charge in [-0.15, -0.1) is 0 Å². The molecule has 140 valence electrons. The first-order chi connectivity index (χ1) is 11.6. The molecule has 4 nitrogen and oxygen atoms in total. The number of likely N-dealkylation sites (tertiary alicyclic amines) is 1. The third-order valence-electron chi connectivity index (χ3n) is 3.84. The summed E-state index contributed by atoms with van der Waals surface area (Å²) >= 11 is 0. The fraction of sp³-hybridized carbons (Fsp3) is 0.611. The predicted octanol–water partition coefficient (Wildman–Crippen LogP) is 4.73. The maximum Gasteiger partial charge on any atom is 0.419 e. The zero-order valence-corrected chi connectivity index (χ0v) is 14.7. The van der Waals surface area contributed by atoms with Crippen LogP contribution in [0.4, 0.5) is 18.0 Å². The van der Waals surface area contributed by atoms with Crippen molar-refractivity contribution in [1.82, 2.24) is 4.90 Å². The number of nitrogens with zero attached hydrogens (tertiary/aromatic N) is 1. The van der Waals surface area contributed by atoms with Crippen molar-refractivity contribution in [2.45, 2.75) is 45.4 Å². The average Bonchev–Trinajstić information content (AvgIpc) is 2.51. The Bertz CT molecular complexity index is 596. The van der Waals surface area contributed by atoms with Crippen LogP contribution >= 0.6 is 0 Å². The van der Waals surface area contributed by atoms with Crippen molar-refractivity contribution in [1.29, 1.82) is 0 Å². The van der Waals surface area contributed by atoms with Crippen LogP contribution in [0.3, 0.4) is 0 Å². The number of piperidine rings is 1. The second kappa shape index (κ2) is 7.54. The summed E-state index contributed by atoms with van der Waals surface area (Å²) < 4.78 is 49.8. The fourth-order valence-electron chi connectivity index (χ4n) is 2.73. The lowest BCUT2D eigenvalue weighted by Gasteiger charge is -2.34. The number of hydrogen-bond donors (Lipinski definition) is 0. The lowest BCUT2D eigenvalue weighted by molar-refractivity contribution is -0.139. The molecule has 1 aromatic carbocycles. The van der Waals surface area contributed by atoms with Crippen molar-refractivity contribution in [2.24, 2.45) is 5.92 Å². The van der Waals surface area contributed by atoms with Crippen molar-refractivity contribution >= 4 is 6.09 Å². The second-order valence-corrected chi connectivity index (χ2v) is 7.24. The van der Waals surface area contributed by atoms with Crippen LogP contribution in [0.5, 0.6) is 5.75 Å². The minimum Gasteiger partial charge on any atom is -0.493 e. The van der Waals surface area contributed by atoms with E-state index < -0.39 is 23.4 Å². The minimum absolute atomic E-state index is 0.0254. The number of amides is 1. The molecule has 1 fully saturated rings. The van der Waals surface area contributed by atoms with E-state index in [2.05, 4.69) is 0 Å². The standard InChI is InChI=1S/C18H24F3NO3/c1-17(2,3)25-16(23)22-10-6-7-13(11-22)12-24-15-9-5-4-8-14(15)18(19,20)21/h4-5,8-9,13H,6-7,10-12H2,1-3H3/t13-/m0/s1. The molecule has 1 aromatic rings. The number of ether oxygens (including phenoxy) is 2. The molecule has 1 amide bonds. The summed E-state index contributed by atoms with van der Waals surface area (Å²) in [7, 11) is 0. The first-order valence-corrected chi connectivity index (χ1v) is 8.33. The Balaban J connectivity index is 1.95. The third-order valence-corrected chi connectivity index (χ3v) is 3.84. The highest BCUT2D eigenvalue weighted by atomic mass is 19.4. The van der Waals surface area contributed by atoms with Crippen molar-refractivity contribution in [3.05, 3.63) is 29.8 Å². The molecule has 0 spiro atoms. The lowest BCUT2D eigenvalue weighted by Crippen LogP contribution is -2.44. The van der Waals surface area contributed by atoms with Gasteiger partial charge in [0.05, 0.1) is 12.2 Å². The number of benzene rings is 1. The molecule has 0 radical (unpaired) electrons. The molecule has 0 aliphatic carbocycles. The van der Waals surface area contributed by atoms with Gasteiger partial charge in [0.1, 0.15) is 11.4 Å². The number of hydrogen-bond acceptors (Lipinski definition) is 3. The van der Waals surface area contributed by atoms with Crippen LogP contribution < -0.4 is 4.74 Å². The Hall–Kier alpha value is -1.92. The molecule has 1 heterocycles. The van der Waals surface area contributed by atoms with E-state index in [1.807, 2.05) is 0 Å². The quantitative estimate of drug-likeness (QED) is 0.783. The second-order valence-electron chi connectivity index (χ2n) is 7.24. The molecule has 7 heteroatoms. The number of alkyl halides is 3. The Morgan fingerprint density at radius 1 is 1.24 bits per heavy atom. The van der Waals surface area contributed by atoms with Crippen LogP contribution in [0.2, 0.25) is 0 Å². The molecule has 0 bridgehead atoms. The molecular weight excluding hydrogens is 335 g/mol. The topological polar surface area (TPSA) is 38.8 Å². The van der Waals surface area contributed by atoms with Crippen molar-refractivity contribution < 1.29 is 27.4 Å². The van der Waals surface area contributed by atoms with E-state index in [0.717, 1.165) is 18.9 Å². The summed E-state index contributed by atoms with van der Waals surface area (Å²) in [6.07, 6.45) is -3.28. The van der Waals surface area contributed by atoms with Gasteiger partial charge in [-0.25, -0.2) is 4.79 Å². The highest BCUT2D eigenvalue weighted by Crippen LogP contribution is 2.36. The number of carbonyl (C=O) groups excluding carboxylic acids is 1. The molecule has 1 atom stereocenters. The molecule has 1 aliphatic heterocycles. The zero-order chi connectivity index (χ0) is 18.7. The fourth-order valence-corrected chi connectivity index (χ4v) is 2.73.